The summed E-state index contributed by atoms with van der Waals surface area (Å²) < 4.78 is 0. The van der Waals surface area contributed by atoms with Crippen LogP contribution in [0.3, 0.4) is 0 Å². The molecule has 0 unspecified atom stereocenters. The van der Waals surface area contributed by atoms with E-state index in [0.717, 1.165) is 28.9 Å². The summed E-state index contributed by atoms with van der Waals surface area (Å²) in [6.07, 6.45) is 2.48. The first-order valence-corrected chi connectivity index (χ1v) is 8.63. The Morgan fingerprint density at radius 3 is 2.50 bits per heavy atom. The van der Waals surface area contributed by atoms with Crippen molar-refractivity contribution < 1.29 is 4.79 Å². The summed E-state index contributed by atoms with van der Waals surface area (Å²) in [5.41, 5.74) is 5.39. The third-order valence-electron chi connectivity index (χ3n) is 4.01. The number of aryl methyl sites for hydroxylation is 3. The highest BCUT2D eigenvalue weighted by Crippen LogP contribution is 2.19. The molecule has 26 heavy (non-hydrogen) atoms. The van der Waals surface area contributed by atoms with Crippen LogP contribution in [0.25, 0.3) is 0 Å². The van der Waals surface area contributed by atoms with E-state index in [1.807, 2.05) is 44.2 Å². The van der Waals surface area contributed by atoms with Gasteiger partial charge in [-0.25, -0.2) is 9.97 Å². The minimum atomic E-state index is -0.260. The molecule has 0 radical (unpaired) electrons. The molecular weight excluding hydrogens is 324 g/mol. The largest absolute Gasteiger partial charge is 0.324 e. The summed E-state index contributed by atoms with van der Waals surface area (Å²) >= 11 is 0. The Balaban J connectivity index is 1.79. The maximum atomic E-state index is 12.5. The van der Waals surface area contributed by atoms with E-state index < -0.39 is 0 Å². The Hall–Kier alpha value is -3.21. The van der Waals surface area contributed by atoms with Crippen molar-refractivity contribution in [2.24, 2.45) is 0 Å². The van der Waals surface area contributed by atoms with E-state index in [2.05, 4.69) is 39.7 Å². The number of nitrogens with zero attached hydrogens (tertiary/aromatic N) is 2. The number of aromatic nitrogens is 2. The molecule has 1 amide bonds. The topological polar surface area (TPSA) is 66.9 Å². The second kappa shape index (κ2) is 7.78. The SMILES string of the molecule is CCc1ccccc1Nc1nccc(C(=O)Nc2cc(C)cc(C)c2)n1. The molecule has 0 saturated heterocycles. The highest BCUT2D eigenvalue weighted by molar-refractivity contribution is 6.03. The number of nitrogens with one attached hydrogen (secondary N) is 2. The van der Waals surface area contributed by atoms with Crippen LogP contribution in [-0.2, 0) is 6.42 Å². The van der Waals surface area contributed by atoms with Crippen LogP contribution in [0.15, 0.2) is 54.7 Å². The Labute approximate surface area is 153 Å². The van der Waals surface area contributed by atoms with Crippen LogP contribution in [0, 0.1) is 13.8 Å². The van der Waals surface area contributed by atoms with Crippen molar-refractivity contribution in [3.8, 4) is 0 Å². The lowest BCUT2D eigenvalue weighted by molar-refractivity contribution is 0.102. The molecule has 1 heterocycles. The minimum Gasteiger partial charge on any atom is -0.324 e. The zero-order valence-electron chi connectivity index (χ0n) is 15.2. The predicted molar refractivity (Wildman–Crippen MR) is 105 cm³/mol. The molecule has 0 aliphatic heterocycles. The smallest absolute Gasteiger partial charge is 0.274 e. The molecule has 0 atom stereocenters. The highest BCUT2D eigenvalue weighted by Gasteiger charge is 2.10. The van der Waals surface area contributed by atoms with Gasteiger partial charge in [0, 0.05) is 17.6 Å². The Kier molecular flexibility index (Phi) is 5.27. The van der Waals surface area contributed by atoms with Gasteiger partial charge in [-0.05, 0) is 61.2 Å². The maximum absolute atomic E-state index is 12.5. The number of hydrogen-bond acceptors (Lipinski definition) is 4. The standard InChI is InChI=1S/C21H22N4O/c1-4-16-7-5-6-8-18(16)24-21-22-10-9-19(25-21)20(26)23-17-12-14(2)11-15(3)13-17/h5-13H,4H2,1-3H3,(H,23,26)(H,22,24,25). The molecule has 0 aliphatic carbocycles. The summed E-state index contributed by atoms with van der Waals surface area (Å²) in [5, 5.41) is 6.10. The molecule has 5 nitrogen and oxygen atoms in total. The number of hydrogen-bond donors (Lipinski definition) is 2. The highest BCUT2D eigenvalue weighted by atomic mass is 16.1. The van der Waals surface area contributed by atoms with Crippen molar-refractivity contribution in [3.05, 3.63) is 77.1 Å². The average molecular weight is 346 g/mol. The Morgan fingerprint density at radius 1 is 1.04 bits per heavy atom. The first-order valence-electron chi connectivity index (χ1n) is 8.63. The normalized spacial score (nSPS) is 10.4. The van der Waals surface area contributed by atoms with Crippen LogP contribution in [0.2, 0.25) is 0 Å². The monoisotopic (exact) mass is 346 g/mol. The van der Waals surface area contributed by atoms with Crippen LogP contribution in [0.4, 0.5) is 17.3 Å². The van der Waals surface area contributed by atoms with Gasteiger partial charge in [0.25, 0.3) is 5.91 Å². The lowest BCUT2D eigenvalue weighted by atomic mass is 10.1. The first kappa shape index (κ1) is 17.6. The van der Waals surface area contributed by atoms with Crippen LogP contribution in [-0.4, -0.2) is 15.9 Å². The second-order valence-electron chi connectivity index (χ2n) is 6.23. The van der Waals surface area contributed by atoms with Crippen molar-refractivity contribution in [1.82, 2.24) is 9.97 Å². The van der Waals surface area contributed by atoms with Gasteiger partial charge in [-0.3, -0.25) is 4.79 Å². The summed E-state index contributed by atoms with van der Waals surface area (Å²) in [6, 6.07) is 15.5. The quantitative estimate of drug-likeness (QED) is 0.705. The summed E-state index contributed by atoms with van der Waals surface area (Å²) in [5.74, 6) is 0.142. The van der Waals surface area contributed by atoms with Crippen LogP contribution >= 0.6 is 0 Å². The molecule has 0 aliphatic rings. The lowest BCUT2D eigenvalue weighted by Crippen LogP contribution is -2.15. The number of amides is 1. The zero-order chi connectivity index (χ0) is 18.5. The van der Waals surface area contributed by atoms with Crippen LogP contribution in [0.1, 0.15) is 34.1 Å². The average Bonchev–Trinajstić information content (AvgIpc) is 2.61. The molecule has 3 aromatic rings. The summed E-state index contributed by atoms with van der Waals surface area (Å²) in [7, 11) is 0. The number of carbonyl (C=O) groups is 1. The number of para-hydroxylation sites is 1. The Bertz CT molecular complexity index is 917. The van der Waals surface area contributed by atoms with E-state index in [1.54, 1.807) is 12.3 Å². The molecule has 1 aromatic heterocycles. The summed E-state index contributed by atoms with van der Waals surface area (Å²) in [4.78, 5) is 21.1. The van der Waals surface area contributed by atoms with E-state index in [4.69, 9.17) is 0 Å². The molecule has 132 valence electrons. The molecule has 0 bridgehead atoms. The van der Waals surface area contributed by atoms with Crippen molar-refractivity contribution in [2.45, 2.75) is 27.2 Å². The minimum absolute atomic E-state index is 0.260. The van der Waals surface area contributed by atoms with Gasteiger partial charge in [0.1, 0.15) is 5.69 Å². The van der Waals surface area contributed by atoms with Crippen LogP contribution < -0.4 is 10.6 Å². The van der Waals surface area contributed by atoms with Gasteiger partial charge in [-0.15, -0.1) is 0 Å². The number of carbonyl (C=O) groups excluding carboxylic acids is 1. The van der Waals surface area contributed by atoms with Gasteiger partial charge in [-0.1, -0.05) is 31.2 Å². The van der Waals surface area contributed by atoms with Gasteiger partial charge < -0.3 is 10.6 Å². The fourth-order valence-electron chi connectivity index (χ4n) is 2.86. The molecule has 0 spiro atoms. The predicted octanol–water partition coefficient (Wildman–Crippen LogP) is 4.65. The first-order chi connectivity index (χ1) is 12.5. The van der Waals surface area contributed by atoms with E-state index in [1.165, 1.54) is 5.56 Å². The van der Waals surface area contributed by atoms with E-state index in [0.29, 0.717) is 11.6 Å². The van der Waals surface area contributed by atoms with Crippen molar-refractivity contribution >= 4 is 23.2 Å². The van der Waals surface area contributed by atoms with Crippen molar-refractivity contribution in [1.29, 1.82) is 0 Å². The van der Waals surface area contributed by atoms with Crippen molar-refractivity contribution in [2.75, 3.05) is 10.6 Å². The molecule has 0 saturated carbocycles. The van der Waals surface area contributed by atoms with Gasteiger partial charge in [0.2, 0.25) is 5.95 Å². The molecule has 3 rings (SSSR count). The summed E-state index contributed by atoms with van der Waals surface area (Å²) in [6.45, 7) is 6.09. The maximum Gasteiger partial charge on any atom is 0.274 e. The van der Waals surface area contributed by atoms with Crippen LogP contribution in [0.5, 0.6) is 0 Å². The second-order valence-corrected chi connectivity index (χ2v) is 6.23. The fraction of sp³-hybridized carbons (Fsp3) is 0.190. The molecule has 2 aromatic carbocycles. The Morgan fingerprint density at radius 2 is 1.77 bits per heavy atom. The zero-order valence-corrected chi connectivity index (χ0v) is 15.2. The number of rotatable bonds is 5. The number of benzene rings is 2. The third-order valence-corrected chi connectivity index (χ3v) is 4.01. The van der Waals surface area contributed by atoms with Gasteiger partial charge in [0.05, 0.1) is 0 Å². The van der Waals surface area contributed by atoms with Gasteiger partial charge in [-0.2, -0.15) is 0 Å². The van der Waals surface area contributed by atoms with Gasteiger partial charge in [0.15, 0.2) is 0 Å². The third kappa shape index (κ3) is 4.25. The van der Waals surface area contributed by atoms with E-state index >= 15 is 0 Å². The fourth-order valence-corrected chi connectivity index (χ4v) is 2.86. The molecule has 5 heteroatoms. The molecular formula is C21H22N4O. The van der Waals surface area contributed by atoms with E-state index in [9.17, 15) is 4.79 Å². The molecule has 2 N–H and O–H groups in total. The number of anilines is 3. The molecule has 0 fully saturated rings. The van der Waals surface area contributed by atoms with E-state index in [-0.39, 0.29) is 5.91 Å². The van der Waals surface area contributed by atoms with Crippen molar-refractivity contribution in [3.63, 3.8) is 0 Å². The van der Waals surface area contributed by atoms with Gasteiger partial charge >= 0.3 is 0 Å². The lowest BCUT2D eigenvalue weighted by Gasteiger charge is -2.11.